The summed E-state index contributed by atoms with van der Waals surface area (Å²) < 4.78 is 0. The number of anilines is 1. The van der Waals surface area contributed by atoms with E-state index in [2.05, 4.69) is 0 Å². The zero-order valence-corrected chi connectivity index (χ0v) is 10.3. The number of nitrogens with zero attached hydrogens (tertiary/aromatic N) is 2. The molecule has 2 rings (SSSR count). The van der Waals surface area contributed by atoms with E-state index in [-0.39, 0.29) is 12.3 Å². The number of non-ortho nitro benzene ring substituents is 1. The fourth-order valence-corrected chi connectivity index (χ4v) is 2.44. The van der Waals surface area contributed by atoms with Crippen LogP contribution in [-0.2, 0) is 11.4 Å². The predicted molar refractivity (Wildman–Crippen MR) is 68.6 cm³/mol. The van der Waals surface area contributed by atoms with Gasteiger partial charge in [0.25, 0.3) is 5.69 Å². The number of primary amides is 1. The van der Waals surface area contributed by atoms with Crippen molar-refractivity contribution in [1.82, 2.24) is 0 Å². The second-order valence-electron chi connectivity index (χ2n) is 4.48. The van der Waals surface area contributed by atoms with Gasteiger partial charge in [-0.15, -0.1) is 0 Å². The van der Waals surface area contributed by atoms with Gasteiger partial charge in [-0.3, -0.25) is 14.9 Å². The van der Waals surface area contributed by atoms with Crippen LogP contribution < -0.4 is 10.6 Å². The number of amides is 1. The molecule has 102 valence electrons. The van der Waals surface area contributed by atoms with Crippen LogP contribution in [0.2, 0.25) is 0 Å². The van der Waals surface area contributed by atoms with Crippen LogP contribution in [0.5, 0.6) is 0 Å². The van der Waals surface area contributed by atoms with Gasteiger partial charge in [0, 0.05) is 29.9 Å². The van der Waals surface area contributed by atoms with Crippen molar-refractivity contribution < 1.29 is 14.8 Å². The Morgan fingerprint density at radius 2 is 2.32 bits per heavy atom. The quantitative estimate of drug-likeness (QED) is 0.610. The number of nitro benzene ring substituents is 1. The molecule has 19 heavy (non-hydrogen) atoms. The van der Waals surface area contributed by atoms with Gasteiger partial charge in [0.15, 0.2) is 0 Å². The Bertz CT molecular complexity index is 518. The highest BCUT2D eigenvalue weighted by atomic mass is 16.6. The maximum absolute atomic E-state index is 11.4. The van der Waals surface area contributed by atoms with Gasteiger partial charge < -0.3 is 15.7 Å². The first-order chi connectivity index (χ1) is 9.04. The molecular formula is C12H15N3O4. The molecule has 1 heterocycles. The Balaban J connectivity index is 2.39. The zero-order chi connectivity index (χ0) is 14.0. The van der Waals surface area contributed by atoms with E-state index in [1.54, 1.807) is 11.0 Å². The Labute approximate surface area is 109 Å². The van der Waals surface area contributed by atoms with Gasteiger partial charge >= 0.3 is 0 Å². The SMILES string of the molecule is NC(=O)C1CCCN1c1ccc([N+](=O)[O-])cc1CO. The topological polar surface area (TPSA) is 110 Å². The second-order valence-corrected chi connectivity index (χ2v) is 4.48. The molecule has 1 saturated heterocycles. The van der Waals surface area contributed by atoms with Crippen molar-refractivity contribution in [3.63, 3.8) is 0 Å². The molecule has 3 N–H and O–H groups in total. The molecule has 1 unspecified atom stereocenters. The van der Waals surface area contributed by atoms with E-state index in [9.17, 15) is 20.0 Å². The summed E-state index contributed by atoms with van der Waals surface area (Å²) in [6.45, 7) is 0.331. The maximum atomic E-state index is 11.4. The van der Waals surface area contributed by atoms with Gasteiger partial charge in [-0.05, 0) is 18.9 Å². The highest BCUT2D eigenvalue weighted by Gasteiger charge is 2.30. The first kappa shape index (κ1) is 13.3. The van der Waals surface area contributed by atoms with Crippen LogP contribution >= 0.6 is 0 Å². The van der Waals surface area contributed by atoms with E-state index in [1.165, 1.54) is 12.1 Å². The van der Waals surface area contributed by atoms with Crippen molar-refractivity contribution in [2.24, 2.45) is 5.73 Å². The third-order valence-electron chi connectivity index (χ3n) is 3.33. The van der Waals surface area contributed by atoms with E-state index in [4.69, 9.17) is 5.73 Å². The smallest absolute Gasteiger partial charge is 0.269 e. The number of rotatable bonds is 4. The zero-order valence-electron chi connectivity index (χ0n) is 10.3. The fraction of sp³-hybridized carbons (Fsp3) is 0.417. The first-order valence-corrected chi connectivity index (χ1v) is 5.98. The van der Waals surface area contributed by atoms with E-state index in [1.807, 2.05) is 0 Å². The number of aliphatic hydroxyl groups excluding tert-OH is 1. The van der Waals surface area contributed by atoms with Gasteiger partial charge in [-0.2, -0.15) is 0 Å². The number of nitro groups is 1. The molecule has 7 heteroatoms. The van der Waals surface area contributed by atoms with Crippen LogP contribution in [0.3, 0.4) is 0 Å². The van der Waals surface area contributed by atoms with Crippen LogP contribution in [0.4, 0.5) is 11.4 Å². The number of carbonyl (C=O) groups excluding carboxylic acids is 1. The summed E-state index contributed by atoms with van der Waals surface area (Å²) >= 11 is 0. The van der Waals surface area contributed by atoms with E-state index >= 15 is 0 Å². The minimum Gasteiger partial charge on any atom is -0.392 e. The average molecular weight is 265 g/mol. The van der Waals surface area contributed by atoms with Crippen molar-refractivity contribution in [3.8, 4) is 0 Å². The predicted octanol–water partition coefficient (Wildman–Crippen LogP) is 0.541. The van der Waals surface area contributed by atoms with Gasteiger partial charge in [0.2, 0.25) is 5.91 Å². The number of hydrogen-bond donors (Lipinski definition) is 2. The highest BCUT2D eigenvalue weighted by Crippen LogP contribution is 2.31. The number of aliphatic hydroxyl groups is 1. The van der Waals surface area contributed by atoms with Gasteiger partial charge in [0.1, 0.15) is 6.04 Å². The van der Waals surface area contributed by atoms with Crippen LogP contribution in [-0.4, -0.2) is 28.5 Å². The Morgan fingerprint density at radius 1 is 1.58 bits per heavy atom. The molecule has 0 saturated carbocycles. The molecule has 1 aromatic rings. The fourth-order valence-electron chi connectivity index (χ4n) is 2.44. The summed E-state index contributed by atoms with van der Waals surface area (Å²) in [5.74, 6) is -0.417. The summed E-state index contributed by atoms with van der Waals surface area (Å²) in [7, 11) is 0. The van der Waals surface area contributed by atoms with E-state index in [0.29, 0.717) is 24.2 Å². The lowest BCUT2D eigenvalue weighted by Gasteiger charge is -2.26. The van der Waals surface area contributed by atoms with Crippen LogP contribution in [0, 0.1) is 10.1 Å². The maximum Gasteiger partial charge on any atom is 0.269 e. The largest absolute Gasteiger partial charge is 0.392 e. The third-order valence-corrected chi connectivity index (χ3v) is 3.33. The van der Waals surface area contributed by atoms with Crippen molar-refractivity contribution in [1.29, 1.82) is 0 Å². The van der Waals surface area contributed by atoms with E-state index in [0.717, 1.165) is 6.42 Å². The average Bonchev–Trinajstić information content (AvgIpc) is 2.87. The molecule has 1 aromatic carbocycles. The monoisotopic (exact) mass is 265 g/mol. The molecule has 1 atom stereocenters. The molecule has 1 amide bonds. The number of benzene rings is 1. The molecule has 1 aliphatic heterocycles. The lowest BCUT2D eigenvalue weighted by Crippen LogP contribution is -2.40. The lowest BCUT2D eigenvalue weighted by molar-refractivity contribution is -0.384. The molecule has 0 bridgehead atoms. The Morgan fingerprint density at radius 3 is 2.89 bits per heavy atom. The number of nitrogens with two attached hydrogens (primary N) is 1. The summed E-state index contributed by atoms with van der Waals surface area (Å²) in [6.07, 6.45) is 1.49. The molecule has 7 nitrogen and oxygen atoms in total. The summed E-state index contributed by atoms with van der Waals surface area (Å²) in [6, 6.07) is 3.84. The van der Waals surface area contributed by atoms with Crippen molar-refractivity contribution in [2.75, 3.05) is 11.4 Å². The Hall–Kier alpha value is -2.15. The molecule has 0 aliphatic carbocycles. The van der Waals surface area contributed by atoms with E-state index < -0.39 is 16.9 Å². The van der Waals surface area contributed by atoms with Crippen LogP contribution in [0.1, 0.15) is 18.4 Å². The van der Waals surface area contributed by atoms with Gasteiger partial charge in [0.05, 0.1) is 11.5 Å². The lowest BCUT2D eigenvalue weighted by atomic mass is 10.1. The molecule has 0 spiro atoms. The van der Waals surface area contributed by atoms with Crippen molar-refractivity contribution in [2.45, 2.75) is 25.5 Å². The summed E-state index contributed by atoms with van der Waals surface area (Å²) in [5, 5.41) is 20.1. The van der Waals surface area contributed by atoms with Gasteiger partial charge in [-0.1, -0.05) is 0 Å². The standard InChI is InChI=1S/C12H15N3O4/c13-12(17)11-2-1-5-14(11)10-4-3-9(15(18)19)6-8(10)7-16/h3-4,6,11,16H,1-2,5,7H2,(H2,13,17). The minimum absolute atomic E-state index is 0.0809. The Kier molecular flexibility index (Phi) is 3.66. The minimum atomic E-state index is -0.515. The summed E-state index contributed by atoms with van der Waals surface area (Å²) in [4.78, 5) is 23.4. The molecule has 1 aliphatic rings. The normalized spacial score (nSPS) is 18.6. The first-order valence-electron chi connectivity index (χ1n) is 5.98. The molecule has 0 radical (unpaired) electrons. The van der Waals surface area contributed by atoms with Gasteiger partial charge in [-0.25, -0.2) is 0 Å². The number of hydrogen-bond acceptors (Lipinski definition) is 5. The highest BCUT2D eigenvalue weighted by molar-refractivity contribution is 5.84. The number of carbonyl (C=O) groups is 1. The summed E-state index contributed by atoms with van der Waals surface area (Å²) in [5.41, 5.74) is 6.33. The third kappa shape index (κ3) is 2.50. The van der Waals surface area contributed by atoms with Crippen LogP contribution in [0.25, 0.3) is 0 Å². The van der Waals surface area contributed by atoms with Crippen molar-refractivity contribution in [3.05, 3.63) is 33.9 Å². The van der Waals surface area contributed by atoms with Crippen LogP contribution in [0.15, 0.2) is 18.2 Å². The van der Waals surface area contributed by atoms with Crippen molar-refractivity contribution >= 4 is 17.3 Å². The molecular weight excluding hydrogens is 250 g/mol. The molecule has 0 aromatic heterocycles. The second kappa shape index (κ2) is 5.23. The molecule has 1 fully saturated rings.